The van der Waals surface area contributed by atoms with Crippen LogP contribution in [0, 0.1) is 6.92 Å². The van der Waals surface area contributed by atoms with E-state index in [1.165, 1.54) is 18.2 Å². The van der Waals surface area contributed by atoms with Crippen molar-refractivity contribution in [1.82, 2.24) is 15.0 Å². The lowest BCUT2D eigenvalue weighted by Gasteiger charge is -2.08. The van der Waals surface area contributed by atoms with Gasteiger partial charge < -0.3 is 5.32 Å². The normalized spacial score (nSPS) is 9.69. The molecule has 0 bridgehead atoms. The van der Waals surface area contributed by atoms with Crippen molar-refractivity contribution in [3.63, 3.8) is 0 Å². The molecule has 92 valence electrons. The second-order valence-corrected chi connectivity index (χ2v) is 4.47. The standard InChI is InChI=1S/C8H14N4S.C3H8/c1-5(2)9-7-10-6(3)11-8(12-7)13-4;1-3-2/h5H,1-4H3,(H,9,10,11,12);3H2,1-2H3. The Balaban J connectivity index is 0.000000673. The van der Waals surface area contributed by atoms with Gasteiger partial charge in [0.15, 0.2) is 5.16 Å². The predicted octanol–water partition coefficient (Wildman–Crippen LogP) is 3.14. The fourth-order valence-electron chi connectivity index (χ4n) is 0.871. The minimum absolute atomic E-state index is 0.344. The van der Waals surface area contributed by atoms with Crippen LogP contribution < -0.4 is 5.32 Å². The highest BCUT2D eigenvalue weighted by atomic mass is 32.2. The van der Waals surface area contributed by atoms with Gasteiger partial charge in [-0.05, 0) is 27.0 Å². The fourth-order valence-corrected chi connectivity index (χ4v) is 1.27. The van der Waals surface area contributed by atoms with Crippen molar-refractivity contribution >= 4 is 17.7 Å². The fraction of sp³-hybridized carbons (Fsp3) is 0.727. The quantitative estimate of drug-likeness (QED) is 0.825. The van der Waals surface area contributed by atoms with Gasteiger partial charge in [-0.1, -0.05) is 32.0 Å². The van der Waals surface area contributed by atoms with Crippen LogP contribution in [0.4, 0.5) is 5.95 Å². The molecule has 0 fully saturated rings. The molecule has 0 spiro atoms. The molecule has 0 unspecified atom stereocenters. The zero-order chi connectivity index (χ0) is 12.6. The van der Waals surface area contributed by atoms with Crippen LogP contribution in [-0.2, 0) is 0 Å². The molecule has 16 heavy (non-hydrogen) atoms. The average Bonchev–Trinajstić information content (AvgIpc) is 2.16. The summed E-state index contributed by atoms with van der Waals surface area (Å²) in [5.74, 6) is 1.41. The van der Waals surface area contributed by atoms with Gasteiger partial charge >= 0.3 is 0 Å². The highest BCUT2D eigenvalue weighted by Gasteiger charge is 2.03. The third kappa shape index (κ3) is 6.61. The van der Waals surface area contributed by atoms with Crippen LogP contribution in [0.3, 0.4) is 0 Å². The minimum atomic E-state index is 0.344. The van der Waals surface area contributed by atoms with E-state index in [1.807, 2.05) is 13.2 Å². The van der Waals surface area contributed by atoms with E-state index in [-0.39, 0.29) is 0 Å². The molecule has 0 aromatic carbocycles. The van der Waals surface area contributed by atoms with E-state index >= 15 is 0 Å². The summed E-state index contributed by atoms with van der Waals surface area (Å²) in [6.07, 6.45) is 3.20. The summed E-state index contributed by atoms with van der Waals surface area (Å²) in [4.78, 5) is 12.6. The van der Waals surface area contributed by atoms with Gasteiger partial charge in [0.1, 0.15) is 5.82 Å². The van der Waals surface area contributed by atoms with Crippen LogP contribution in [0.5, 0.6) is 0 Å². The smallest absolute Gasteiger partial charge is 0.227 e. The molecule has 0 saturated carbocycles. The first-order chi connectivity index (χ1) is 7.53. The van der Waals surface area contributed by atoms with Crippen molar-refractivity contribution in [3.05, 3.63) is 5.82 Å². The first-order valence-corrected chi connectivity index (χ1v) is 6.79. The molecule has 0 radical (unpaired) electrons. The zero-order valence-electron chi connectivity index (χ0n) is 11.0. The Labute approximate surface area is 103 Å². The van der Waals surface area contributed by atoms with E-state index in [2.05, 4.69) is 48.0 Å². The second-order valence-electron chi connectivity index (χ2n) is 3.70. The lowest BCUT2D eigenvalue weighted by Crippen LogP contribution is -2.13. The Morgan fingerprint density at radius 2 is 1.75 bits per heavy atom. The van der Waals surface area contributed by atoms with Crippen LogP contribution in [0.25, 0.3) is 0 Å². The molecule has 0 atom stereocenters. The van der Waals surface area contributed by atoms with E-state index in [4.69, 9.17) is 0 Å². The van der Waals surface area contributed by atoms with Crippen LogP contribution >= 0.6 is 11.8 Å². The molecule has 0 aliphatic carbocycles. The molecule has 0 aliphatic rings. The van der Waals surface area contributed by atoms with Gasteiger partial charge in [-0.3, -0.25) is 0 Å². The van der Waals surface area contributed by atoms with Crippen molar-refractivity contribution in [3.8, 4) is 0 Å². The predicted molar refractivity (Wildman–Crippen MR) is 71.1 cm³/mol. The molecule has 1 aromatic rings. The van der Waals surface area contributed by atoms with Crippen LogP contribution in [0.2, 0.25) is 0 Å². The molecule has 5 heteroatoms. The van der Waals surface area contributed by atoms with Gasteiger partial charge in [-0.15, -0.1) is 0 Å². The van der Waals surface area contributed by atoms with E-state index in [0.29, 0.717) is 12.0 Å². The maximum absolute atomic E-state index is 4.22. The third-order valence-electron chi connectivity index (χ3n) is 1.33. The Bertz CT molecular complexity index is 302. The zero-order valence-corrected chi connectivity index (χ0v) is 11.9. The molecule has 1 aromatic heterocycles. The monoisotopic (exact) mass is 242 g/mol. The first kappa shape index (κ1) is 15.2. The summed E-state index contributed by atoms with van der Waals surface area (Å²) in [6.45, 7) is 10.2. The Morgan fingerprint density at radius 1 is 1.19 bits per heavy atom. The molecule has 0 amide bonds. The highest BCUT2D eigenvalue weighted by Crippen LogP contribution is 2.10. The molecular formula is C11H22N4S. The maximum Gasteiger partial charge on any atom is 0.227 e. The number of nitrogens with one attached hydrogen (secondary N) is 1. The lowest BCUT2D eigenvalue weighted by molar-refractivity contribution is 0.815. The number of aryl methyl sites for hydroxylation is 1. The molecular weight excluding hydrogens is 220 g/mol. The molecule has 1 heterocycles. The van der Waals surface area contributed by atoms with Crippen LogP contribution in [0.15, 0.2) is 5.16 Å². The number of rotatable bonds is 3. The van der Waals surface area contributed by atoms with Crippen molar-refractivity contribution in [2.45, 2.75) is 52.2 Å². The SMILES string of the molecule is CCC.CSc1nc(C)nc(NC(C)C)n1. The number of hydrogen-bond donors (Lipinski definition) is 1. The van der Waals surface area contributed by atoms with Gasteiger partial charge in [-0.25, -0.2) is 4.98 Å². The van der Waals surface area contributed by atoms with Crippen molar-refractivity contribution in [2.24, 2.45) is 0 Å². The number of anilines is 1. The molecule has 0 aliphatic heterocycles. The molecule has 4 nitrogen and oxygen atoms in total. The summed E-state index contributed by atoms with van der Waals surface area (Å²) in [6, 6.07) is 0.344. The van der Waals surface area contributed by atoms with Crippen LogP contribution in [-0.4, -0.2) is 27.2 Å². The summed E-state index contributed by atoms with van der Waals surface area (Å²) in [5.41, 5.74) is 0. The van der Waals surface area contributed by atoms with Gasteiger partial charge in [0.25, 0.3) is 0 Å². The maximum atomic E-state index is 4.22. The Morgan fingerprint density at radius 3 is 2.19 bits per heavy atom. The first-order valence-electron chi connectivity index (χ1n) is 5.56. The van der Waals surface area contributed by atoms with Gasteiger partial charge in [-0.2, -0.15) is 9.97 Å². The number of hydrogen-bond acceptors (Lipinski definition) is 5. The third-order valence-corrected chi connectivity index (χ3v) is 1.87. The summed E-state index contributed by atoms with van der Waals surface area (Å²) < 4.78 is 0. The largest absolute Gasteiger partial charge is 0.352 e. The molecule has 1 N–H and O–H groups in total. The van der Waals surface area contributed by atoms with Crippen LogP contribution in [0.1, 0.15) is 39.9 Å². The van der Waals surface area contributed by atoms with Crippen molar-refractivity contribution < 1.29 is 0 Å². The Kier molecular flexibility index (Phi) is 7.89. The second kappa shape index (κ2) is 8.33. The minimum Gasteiger partial charge on any atom is -0.352 e. The van der Waals surface area contributed by atoms with E-state index in [1.54, 1.807) is 0 Å². The van der Waals surface area contributed by atoms with Gasteiger partial charge in [0, 0.05) is 6.04 Å². The number of thioether (sulfide) groups is 1. The summed E-state index contributed by atoms with van der Waals surface area (Å²) in [7, 11) is 0. The van der Waals surface area contributed by atoms with E-state index in [0.717, 1.165) is 11.0 Å². The van der Waals surface area contributed by atoms with Crippen molar-refractivity contribution in [1.29, 1.82) is 0 Å². The van der Waals surface area contributed by atoms with Crippen molar-refractivity contribution in [2.75, 3.05) is 11.6 Å². The van der Waals surface area contributed by atoms with E-state index in [9.17, 15) is 0 Å². The average molecular weight is 242 g/mol. The lowest BCUT2D eigenvalue weighted by atomic mass is 10.4. The number of nitrogens with zero attached hydrogens (tertiary/aromatic N) is 3. The summed E-state index contributed by atoms with van der Waals surface area (Å²) >= 11 is 1.52. The number of aromatic nitrogens is 3. The van der Waals surface area contributed by atoms with E-state index < -0.39 is 0 Å². The summed E-state index contributed by atoms with van der Waals surface area (Å²) in [5, 5.41) is 3.90. The molecule has 1 rings (SSSR count). The Hall–Kier alpha value is -0.840. The topological polar surface area (TPSA) is 50.7 Å². The van der Waals surface area contributed by atoms with Gasteiger partial charge in [0.05, 0.1) is 0 Å². The van der Waals surface area contributed by atoms with Gasteiger partial charge in [0.2, 0.25) is 5.95 Å². The highest BCUT2D eigenvalue weighted by molar-refractivity contribution is 7.98. The molecule has 0 saturated heterocycles.